The number of aromatic nitrogens is 1. The van der Waals surface area contributed by atoms with Gasteiger partial charge in [-0.05, 0) is 37.5 Å². The molecule has 5 N–H and O–H groups in total. The van der Waals surface area contributed by atoms with Crippen molar-refractivity contribution in [3.05, 3.63) is 30.0 Å². The van der Waals surface area contributed by atoms with Crippen molar-refractivity contribution < 1.29 is 29.0 Å². The van der Waals surface area contributed by atoms with Crippen molar-refractivity contribution in [2.45, 2.75) is 51.1 Å². The van der Waals surface area contributed by atoms with Crippen LogP contribution in [0.4, 0.5) is 0 Å². The highest BCUT2D eigenvalue weighted by molar-refractivity contribution is 6.02. The standard InChI is InChI=1S/C24H32N4O6/c1-3-4-6-17(23(32)28-18(20(30)13-29)11-14-9-10-25-22(14)31)27-24(33)19-12-15-16(26-19)7-5-8-21(15)34-2/h5,7-8,12,14,17-18,26,29H,3-4,6,9-11,13H2,1-2H3,(H,25,31)(H,27,33)(H,28,32)/t14-,17?,18?/m0/s1. The molecule has 10 heteroatoms. The summed E-state index contributed by atoms with van der Waals surface area (Å²) in [5, 5.41) is 18.2. The zero-order valence-electron chi connectivity index (χ0n) is 19.5. The first-order valence-electron chi connectivity index (χ1n) is 11.6. The topological polar surface area (TPSA) is 150 Å². The van der Waals surface area contributed by atoms with Crippen LogP contribution >= 0.6 is 0 Å². The predicted octanol–water partition coefficient (Wildman–Crippen LogP) is 1.04. The Hall–Kier alpha value is -3.40. The molecule has 0 bridgehead atoms. The van der Waals surface area contributed by atoms with E-state index in [1.165, 1.54) is 0 Å². The van der Waals surface area contributed by atoms with Crippen LogP contribution in [0.3, 0.4) is 0 Å². The highest BCUT2D eigenvalue weighted by Crippen LogP contribution is 2.26. The number of unbranched alkanes of at least 4 members (excludes halogenated alkanes) is 1. The van der Waals surface area contributed by atoms with Gasteiger partial charge in [0.25, 0.3) is 5.91 Å². The maximum Gasteiger partial charge on any atom is 0.268 e. The van der Waals surface area contributed by atoms with Crippen molar-refractivity contribution in [2.75, 3.05) is 20.3 Å². The summed E-state index contributed by atoms with van der Waals surface area (Å²) >= 11 is 0. The van der Waals surface area contributed by atoms with Crippen molar-refractivity contribution in [1.82, 2.24) is 20.9 Å². The molecule has 3 atom stereocenters. The summed E-state index contributed by atoms with van der Waals surface area (Å²) in [6, 6.07) is 5.18. The van der Waals surface area contributed by atoms with E-state index in [0.29, 0.717) is 31.6 Å². The van der Waals surface area contributed by atoms with Crippen molar-refractivity contribution in [1.29, 1.82) is 0 Å². The Morgan fingerprint density at radius 3 is 2.68 bits per heavy atom. The molecule has 3 amide bonds. The van der Waals surface area contributed by atoms with Crippen LogP contribution in [0, 0.1) is 5.92 Å². The number of benzene rings is 1. The molecule has 1 saturated heterocycles. The minimum Gasteiger partial charge on any atom is -0.496 e. The zero-order chi connectivity index (χ0) is 24.7. The number of ether oxygens (including phenoxy) is 1. The van der Waals surface area contributed by atoms with Gasteiger partial charge in [-0.25, -0.2) is 0 Å². The van der Waals surface area contributed by atoms with Crippen LogP contribution in [-0.4, -0.2) is 65.9 Å². The number of aromatic amines is 1. The first-order chi connectivity index (χ1) is 16.4. The molecule has 10 nitrogen and oxygen atoms in total. The molecule has 0 spiro atoms. The van der Waals surface area contributed by atoms with E-state index in [1.807, 2.05) is 13.0 Å². The fourth-order valence-corrected chi connectivity index (χ4v) is 4.15. The van der Waals surface area contributed by atoms with E-state index in [2.05, 4.69) is 20.9 Å². The second-order valence-electron chi connectivity index (χ2n) is 8.47. The number of carbonyl (C=O) groups excluding carboxylic acids is 4. The third kappa shape index (κ3) is 5.93. The lowest BCUT2D eigenvalue weighted by atomic mass is 9.95. The van der Waals surface area contributed by atoms with Gasteiger partial charge in [0, 0.05) is 23.4 Å². The predicted molar refractivity (Wildman–Crippen MR) is 125 cm³/mol. The van der Waals surface area contributed by atoms with E-state index < -0.39 is 42.2 Å². The summed E-state index contributed by atoms with van der Waals surface area (Å²) in [6.45, 7) is 1.74. The van der Waals surface area contributed by atoms with Gasteiger partial charge in [-0.1, -0.05) is 25.8 Å². The summed E-state index contributed by atoms with van der Waals surface area (Å²) in [7, 11) is 1.55. The molecule has 1 aromatic carbocycles. The third-order valence-electron chi connectivity index (χ3n) is 6.10. The SMILES string of the molecule is CCCCC(NC(=O)c1cc2c(OC)cccc2[nH]1)C(=O)NC(C[C@@H]1CCNC1=O)C(=O)CO. The van der Waals surface area contributed by atoms with Crippen LogP contribution in [-0.2, 0) is 14.4 Å². The summed E-state index contributed by atoms with van der Waals surface area (Å²) in [5.41, 5.74) is 1.00. The molecule has 2 aromatic rings. The monoisotopic (exact) mass is 472 g/mol. The minimum absolute atomic E-state index is 0.104. The number of amides is 3. The van der Waals surface area contributed by atoms with Crippen molar-refractivity contribution in [3.8, 4) is 5.75 Å². The molecular formula is C24H32N4O6. The lowest BCUT2D eigenvalue weighted by Gasteiger charge is -2.23. The number of Topliss-reactive ketones (excluding diaryl/α,β-unsaturated/α-hetero) is 1. The van der Waals surface area contributed by atoms with Crippen molar-refractivity contribution in [2.24, 2.45) is 5.92 Å². The molecule has 34 heavy (non-hydrogen) atoms. The van der Waals surface area contributed by atoms with Gasteiger partial charge < -0.3 is 30.8 Å². The van der Waals surface area contributed by atoms with Gasteiger partial charge in [-0.15, -0.1) is 0 Å². The maximum absolute atomic E-state index is 13.1. The lowest BCUT2D eigenvalue weighted by Crippen LogP contribution is -2.52. The highest BCUT2D eigenvalue weighted by atomic mass is 16.5. The molecule has 1 aromatic heterocycles. The number of fused-ring (bicyclic) bond motifs is 1. The largest absolute Gasteiger partial charge is 0.496 e. The first-order valence-corrected chi connectivity index (χ1v) is 11.6. The molecule has 1 aliphatic rings. The second-order valence-corrected chi connectivity index (χ2v) is 8.47. The molecular weight excluding hydrogens is 440 g/mol. The molecule has 1 fully saturated rings. The fraction of sp³-hybridized carbons (Fsp3) is 0.500. The van der Waals surface area contributed by atoms with E-state index in [4.69, 9.17) is 4.74 Å². The van der Waals surface area contributed by atoms with Gasteiger partial charge in [-0.2, -0.15) is 0 Å². The Kier molecular flexibility index (Phi) is 8.64. The smallest absolute Gasteiger partial charge is 0.268 e. The van der Waals surface area contributed by atoms with Gasteiger partial charge >= 0.3 is 0 Å². The molecule has 184 valence electrons. The van der Waals surface area contributed by atoms with Gasteiger partial charge in [0.05, 0.1) is 13.2 Å². The summed E-state index contributed by atoms with van der Waals surface area (Å²) in [6.07, 6.45) is 2.53. The molecule has 2 heterocycles. The number of carbonyl (C=O) groups is 4. The van der Waals surface area contributed by atoms with Gasteiger partial charge in [-0.3, -0.25) is 19.2 Å². The van der Waals surface area contributed by atoms with E-state index in [1.54, 1.807) is 25.3 Å². The Morgan fingerprint density at radius 1 is 1.24 bits per heavy atom. The van der Waals surface area contributed by atoms with Crippen LogP contribution < -0.4 is 20.7 Å². The highest BCUT2D eigenvalue weighted by Gasteiger charge is 2.32. The second kappa shape index (κ2) is 11.6. The fourth-order valence-electron chi connectivity index (χ4n) is 4.15. The lowest BCUT2D eigenvalue weighted by molar-refractivity contribution is -0.131. The van der Waals surface area contributed by atoms with E-state index >= 15 is 0 Å². The maximum atomic E-state index is 13.1. The molecule has 1 aliphatic heterocycles. The van der Waals surface area contributed by atoms with E-state index in [-0.39, 0.29) is 18.0 Å². The number of aliphatic hydroxyl groups is 1. The Bertz CT molecular complexity index is 1050. The summed E-state index contributed by atoms with van der Waals surface area (Å²) in [5.74, 6) is -1.53. The molecule has 0 saturated carbocycles. The molecule has 3 rings (SSSR count). The normalized spacial score (nSPS) is 17.1. The van der Waals surface area contributed by atoms with Crippen LogP contribution in [0.25, 0.3) is 10.9 Å². The Balaban J connectivity index is 1.74. The number of aliphatic hydroxyl groups excluding tert-OH is 1. The van der Waals surface area contributed by atoms with Crippen LogP contribution in [0.1, 0.15) is 49.5 Å². The van der Waals surface area contributed by atoms with Crippen molar-refractivity contribution >= 4 is 34.4 Å². The molecule has 0 radical (unpaired) electrons. The molecule has 2 unspecified atom stereocenters. The number of nitrogens with one attached hydrogen (secondary N) is 4. The number of hydrogen-bond acceptors (Lipinski definition) is 6. The van der Waals surface area contributed by atoms with Crippen LogP contribution in [0.15, 0.2) is 24.3 Å². The quantitative estimate of drug-likeness (QED) is 0.312. The average molecular weight is 473 g/mol. The first kappa shape index (κ1) is 25.2. The number of rotatable bonds is 12. The zero-order valence-corrected chi connectivity index (χ0v) is 19.5. The van der Waals surface area contributed by atoms with Crippen LogP contribution in [0.2, 0.25) is 0 Å². The van der Waals surface area contributed by atoms with Gasteiger partial charge in [0.1, 0.15) is 24.1 Å². The Labute approximate surface area is 197 Å². The number of H-pyrrole nitrogens is 1. The molecule has 0 aliphatic carbocycles. The van der Waals surface area contributed by atoms with Crippen molar-refractivity contribution in [3.63, 3.8) is 0 Å². The van der Waals surface area contributed by atoms with Crippen LogP contribution in [0.5, 0.6) is 5.75 Å². The van der Waals surface area contributed by atoms with Gasteiger partial charge in [0.15, 0.2) is 5.78 Å². The van der Waals surface area contributed by atoms with E-state index in [9.17, 15) is 24.3 Å². The number of methoxy groups -OCH3 is 1. The van der Waals surface area contributed by atoms with E-state index in [0.717, 1.165) is 17.3 Å². The Morgan fingerprint density at radius 2 is 2.03 bits per heavy atom. The summed E-state index contributed by atoms with van der Waals surface area (Å²) < 4.78 is 5.34. The minimum atomic E-state index is -1.01. The number of hydrogen-bond donors (Lipinski definition) is 5. The average Bonchev–Trinajstić information content (AvgIpc) is 3.46. The third-order valence-corrected chi connectivity index (χ3v) is 6.10. The number of ketones is 1. The van der Waals surface area contributed by atoms with Gasteiger partial charge in [0.2, 0.25) is 11.8 Å². The summed E-state index contributed by atoms with van der Waals surface area (Å²) in [4.78, 5) is 53.3.